The van der Waals surface area contributed by atoms with Gasteiger partial charge in [-0.1, -0.05) is 12.1 Å². The number of carbonyl (C=O) groups excluding carboxylic acids is 1. The molecule has 2 N–H and O–H groups in total. The molecule has 17 heavy (non-hydrogen) atoms. The molecule has 5 heteroatoms. The summed E-state index contributed by atoms with van der Waals surface area (Å²) >= 11 is 0. The molecule has 0 bridgehead atoms. The lowest BCUT2D eigenvalue weighted by molar-refractivity contribution is -0.143. The molecule has 0 aromatic heterocycles. The van der Waals surface area contributed by atoms with Gasteiger partial charge in [0.2, 0.25) is 0 Å². The van der Waals surface area contributed by atoms with Crippen molar-refractivity contribution in [2.24, 2.45) is 5.73 Å². The first-order valence-corrected chi connectivity index (χ1v) is 5.33. The quantitative estimate of drug-likeness (QED) is 0.798. The minimum Gasteiger partial charge on any atom is -0.494 e. The molecule has 0 aliphatic heterocycles. The smallest absolute Gasteiger partial charge is 0.307 e. The summed E-state index contributed by atoms with van der Waals surface area (Å²) in [5, 5.41) is 0. The number of esters is 1. The average molecular weight is 241 g/mol. The summed E-state index contributed by atoms with van der Waals surface area (Å²) in [6.07, 6.45) is -0.0576. The van der Waals surface area contributed by atoms with Gasteiger partial charge in [0.1, 0.15) is 0 Å². The normalized spacial score (nSPS) is 12.0. The van der Waals surface area contributed by atoms with Gasteiger partial charge in [0, 0.05) is 11.6 Å². The minimum absolute atomic E-state index is 0.0576. The SMILES string of the molecule is CCOC(=O)C[C@H](N)c1cccc(OC)c1F. The maximum atomic E-state index is 13.8. The third-order valence-electron chi connectivity index (χ3n) is 2.30. The maximum absolute atomic E-state index is 13.8. The number of benzene rings is 1. The highest BCUT2D eigenvalue weighted by atomic mass is 19.1. The van der Waals surface area contributed by atoms with Gasteiger partial charge in [-0.3, -0.25) is 4.79 Å². The first kappa shape index (κ1) is 13.4. The first-order chi connectivity index (χ1) is 8.10. The molecule has 94 valence electrons. The molecule has 0 heterocycles. The highest BCUT2D eigenvalue weighted by Crippen LogP contribution is 2.25. The minimum atomic E-state index is -0.732. The second kappa shape index (κ2) is 6.20. The van der Waals surface area contributed by atoms with Crippen molar-refractivity contribution in [3.05, 3.63) is 29.6 Å². The summed E-state index contributed by atoms with van der Waals surface area (Å²) in [7, 11) is 1.37. The monoisotopic (exact) mass is 241 g/mol. The van der Waals surface area contributed by atoms with Crippen molar-refractivity contribution in [1.82, 2.24) is 0 Å². The predicted octanol–water partition coefficient (Wildman–Crippen LogP) is 1.79. The molecule has 0 aliphatic carbocycles. The summed E-state index contributed by atoms with van der Waals surface area (Å²) < 4.78 is 23.4. The maximum Gasteiger partial charge on any atom is 0.307 e. The highest BCUT2D eigenvalue weighted by molar-refractivity contribution is 5.70. The Morgan fingerprint density at radius 1 is 1.53 bits per heavy atom. The fourth-order valence-electron chi connectivity index (χ4n) is 1.48. The highest BCUT2D eigenvalue weighted by Gasteiger charge is 2.18. The van der Waals surface area contributed by atoms with E-state index in [4.69, 9.17) is 15.2 Å². The second-order valence-corrected chi connectivity index (χ2v) is 3.48. The zero-order chi connectivity index (χ0) is 12.8. The topological polar surface area (TPSA) is 61.5 Å². The third-order valence-corrected chi connectivity index (χ3v) is 2.30. The van der Waals surface area contributed by atoms with Crippen LogP contribution in [0, 0.1) is 5.82 Å². The third kappa shape index (κ3) is 3.42. The predicted molar refractivity (Wildman–Crippen MR) is 61.1 cm³/mol. The van der Waals surface area contributed by atoms with Crippen LogP contribution in [0.4, 0.5) is 4.39 Å². The van der Waals surface area contributed by atoms with E-state index in [2.05, 4.69) is 0 Å². The van der Waals surface area contributed by atoms with Crippen molar-refractivity contribution in [1.29, 1.82) is 0 Å². The Balaban J connectivity index is 2.81. The van der Waals surface area contributed by atoms with E-state index in [1.165, 1.54) is 19.2 Å². The molecule has 1 rings (SSSR count). The number of hydrogen-bond donors (Lipinski definition) is 1. The average Bonchev–Trinajstić information content (AvgIpc) is 2.29. The van der Waals surface area contributed by atoms with Crippen LogP contribution in [0.3, 0.4) is 0 Å². The molecule has 0 unspecified atom stereocenters. The van der Waals surface area contributed by atoms with E-state index in [1.54, 1.807) is 13.0 Å². The lowest BCUT2D eigenvalue weighted by Gasteiger charge is -2.13. The Morgan fingerprint density at radius 2 is 2.24 bits per heavy atom. The summed E-state index contributed by atoms with van der Waals surface area (Å²) in [5.41, 5.74) is 6.00. The van der Waals surface area contributed by atoms with Crippen LogP contribution in [0.1, 0.15) is 24.9 Å². The lowest BCUT2D eigenvalue weighted by atomic mass is 10.0. The number of halogens is 1. The Bertz CT molecular complexity index is 395. The molecule has 0 radical (unpaired) electrons. The van der Waals surface area contributed by atoms with Gasteiger partial charge in [-0.05, 0) is 13.0 Å². The van der Waals surface area contributed by atoms with Crippen LogP contribution in [-0.2, 0) is 9.53 Å². The zero-order valence-corrected chi connectivity index (χ0v) is 9.90. The molecule has 1 aromatic carbocycles. The van der Waals surface area contributed by atoms with Gasteiger partial charge in [0.25, 0.3) is 0 Å². The fourth-order valence-corrected chi connectivity index (χ4v) is 1.48. The van der Waals surface area contributed by atoms with Crippen molar-refractivity contribution in [3.63, 3.8) is 0 Å². The molecule has 1 atom stereocenters. The van der Waals surface area contributed by atoms with E-state index in [-0.39, 0.29) is 24.3 Å². The van der Waals surface area contributed by atoms with Crippen molar-refractivity contribution < 1.29 is 18.7 Å². The number of ether oxygens (including phenoxy) is 2. The van der Waals surface area contributed by atoms with E-state index in [1.807, 2.05) is 0 Å². The van der Waals surface area contributed by atoms with Crippen molar-refractivity contribution >= 4 is 5.97 Å². The van der Waals surface area contributed by atoms with Crippen molar-refractivity contribution in [2.45, 2.75) is 19.4 Å². The van der Waals surface area contributed by atoms with Gasteiger partial charge in [0.15, 0.2) is 11.6 Å². The zero-order valence-electron chi connectivity index (χ0n) is 9.90. The summed E-state index contributed by atoms with van der Waals surface area (Å²) in [6.45, 7) is 1.99. The van der Waals surface area contributed by atoms with Gasteiger partial charge >= 0.3 is 5.97 Å². The van der Waals surface area contributed by atoms with Crippen LogP contribution in [0.5, 0.6) is 5.75 Å². The molecule has 0 saturated heterocycles. The standard InChI is InChI=1S/C12H16FNO3/c1-3-17-11(15)7-9(14)8-5-4-6-10(16-2)12(8)13/h4-6,9H,3,7,14H2,1-2H3/t9-/m0/s1. The van der Waals surface area contributed by atoms with Gasteiger partial charge in [-0.25, -0.2) is 4.39 Å². The molecular weight excluding hydrogens is 225 g/mol. The summed E-state index contributed by atoms with van der Waals surface area (Å²) in [5.74, 6) is -0.865. The van der Waals surface area contributed by atoms with Crippen LogP contribution in [0.15, 0.2) is 18.2 Å². The largest absolute Gasteiger partial charge is 0.494 e. The lowest BCUT2D eigenvalue weighted by Crippen LogP contribution is -2.18. The molecule has 0 aliphatic rings. The number of carbonyl (C=O) groups is 1. The van der Waals surface area contributed by atoms with E-state index < -0.39 is 17.8 Å². The Labute approximate surface area is 99.5 Å². The van der Waals surface area contributed by atoms with Gasteiger partial charge in [0.05, 0.1) is 20.1 Å². The van der Waals surface area contributed by atoms with Crippen LogP contribution < -0.4 is 10.5 Å². The van der Waals surface area contributed by atoms with Crippen LogP contribution in [-0.4, -0.2) is 19.7 Å². The Morgan fingerprint density at radius 3 is 2.82 bits per heavy atom. The molecule has 4 nitrogen and oxygen atoms in total. The van der Waals surface area contributed by atoms with E-state index in [0.29, 0.717) is 0 Å². The Hall–Kier alpha value is -1.62. The molecule has 0 amide bonds. The van der Waals surface area contributed by atoms with Gasteiger partial charge in [-0.2, -0.15) is 0 Å². The van der Waals surface area contributed by atoms with Crippen molar-refractivity contribution in [2.75, 3.05) is 13.7 Å². The van der Waals surface area contributed by atoms with E-state index >= 15 is 0 Å². The van der Waals surface area contributed by atoms with E-state index in [9.17, 15) is 9.18 Å². The molecule has 0 saturated carbocycles. The van der Waals surface area contributed by atoms with Gasteiger partial charge in [-0.15, -0.1) is 0 Å². The number of nitrogens with two attached hydrogens (primary N) is 1. The molecule has 0 fully saturated rings. The Kier molecular flexibility index (Phi) is 4.90. The first-order valence-electron chi connectivity index (χ1n) is 5.33. The second-order valence-electron chi connectivity index (χ2n) is 3.48. The number of rotatable bonds is 5. The van der Waals surface area contributed by atoms with Gasteiger partial charge < -0.3 is 15.2 Å². The van der Waals surface area contributed by atoms with Crippen LogP contribution >= 0.6 is 0 Å². The summed E-state index contributed by atoms with van der Waals surface area (Å²) in [4.78, 5) is 11.2. The summed E-state index contributed by atoms with van der Waals surface area (Å²) in [6, 6.07) is 3.92. The van der Waals surface area contributed by atoms with E-state index in [0.717, 1.165) is 0 Å². The van der Waals surface area contributed by atoms with Crippen molar-refractivity contribution in [3.8, 4) is 5.75 Å². The van der Waals surface area contributed by atoms with Crippen LogP contribution in [0.25, 0.3) is 0 Å². The molecular formula is C12H16FNO3. The molecule has 1 aromatic rings. The molecule has 0 spiro atoms. The number of hydrogen-bond acceptors (Lipinski definition) is 4. The number of methoxy groups -OCH3 is 1. The fraction of sp³-hybridized carbons (Fsp3) is 0.417. The van der Waals surface area contributed by atoms with Crippen LogP contribution in [0.2, 0.25) is 0 Å².